The van der Waals surface area contributed by atoms with E-state index in [-0.39, 0.29) is 16.7 Å². The highest BCUT2D eigenvalue weighted by atomic mass is 19.2. The summed E-state index contributed by atoms with van der Waals surface area (Å²) in [6.07, 6.45) is 1.82. The highest BCUT2D eigenvalue weighted by Gasteiger charge is 2.23. The molecule has 0 aliphatic heterocycles. The minimum absolute atomic E-state index is 0.0358. The smallest absolute Gasteiger partial charge is 0.195 e. The van der Waals surface area contributed by atoms with E-state index in [4.69, 9.17) is 4.11 Å². The molecule has 3 heteroatoms. The van der Waals surface area contributed by atoms with Gasteiger partial charge in [0.1, 0.15) is 0 Å². The van der Waals surface area contributed by atoms with E-state index < -0.39 is 36.1 Å². The summed E-state index contributed by atoms with van der Waals surface area (Å²) in [5, 5.41) is 0.154. The summed E-state index contributed by atoms with van der Waals surface area (Å²) >= 11 is 0. The fraction of sp³-hybridized carbons (Fsp3) is 0.500. The quantitative estimate of drug-likeness (QED) is 0.548. The standard InChI is InChI=1S/C20H23F3/c1-2-3-4-13-5-7-14(8-6-13)15-9-10-17-16(11-15)12-18(21)20(23)19(17)22/h9-14H,2-8H2,1H3/i7D,8D2. The van der Waals surface area contributed by atoms with Gasteiger partial charge < -0.3 is 0 Å². The molecule has 0 bridgehead atoms. The second-order valence-electron chi connectivity index (χ2n) is 6.33. The molecule has 0 aromatic heterocycles. The first-order valence-electron chi connectivity index (χ1n) is 9.81. The van der Waals surface area contributed by atoms with Crippen molar-refractivity contribution in [1.29, 1.82) is 0 Å². The summed E-state index contributed by atoms with van der Waals surface area (Å²) in [7, 11) is 0. The van der Waals surface area contributed by atoms with Gasteiger partial charge in [0.15, 0.2) is 17.5 Å². The Kier molecular flexibility index (Phi) is 3.88. The van der Waals surface area contributed by atoms with E-state index in [1.165, 1.54) is 12.1 Å². The number of hydrogen-bond acceptors (Lipinski definition) is 0. The van der Waals surface area contributed by atoms with Crippen LogP contribution in [0.4, 0.5) is 13.2 Å². The Labute approximate surface area is 139 Å². The van der Waals surface area contributed by atoms with Gasteiger partial charge in [-0.05, 0) is 54.5 Å². The molecule has 124 valence electrons. The van der Waals surface area contributed by atoms with E-state index in [0.29, 0.717) is 18.4 Å². The average Bonchev–Trinajstić information content (AvgIpc) is 2.56. The van der Waals surface area contributed by atoms with Gasteiger partial charge >= 0.3 is 0 Å². The first-order chi connectivity index (χ1) is 12.2. The summed E-state index contributed by atoms with van der Waals surface area (Å²) in [4.78, 5) is 0. The molecule has 2 aromatic carbocycles. The van der Waals surface area contributed by atoms with Crippen LogP contribution in [0.5, 0.6) is 0 Å². The zero-order valence-electron chi connectivity index (χ0n) is 16.2. The van der Waals surface area contributed by atoms with Crippen LogP contribution in [0.3, 0.4) is 0 Å². The van der Waals surface area contributed by atoms with Gasteiger partial charge in [-0.2, -0.15) is 0 Å². The molecule has 1 aliphatic carbocycles. The minimum Gasteiger partial charge on any atom is -0.204 e. The Hall–Kier alpha value is -1.51. The molecule has 0 heterocycles. The van der Waals surface area contributed by atoms with E-state index in [0.717, 1.165) is 25.3 Å². The van der Waals surface area contributed by atoms with Gasteiger partial charge in [-0.25, -0.2) is 13.2 Å². The normalized spacial score (nSPS) is 29.0. The van der Waals surface area contributed by atoms with Crippen LogP contribution in [0.1, 0.15) is 67.4 Å². The van der Waals surface area contributed by atoms with Gasteiger partial charge in [-0.3, -0.25) is 0 Å². The van der Waals surface area contributed by atoms with Gasteiger partial charge in [-0.1, -0.05) is 44.4 Å². The Balaban J connectivity index is 1.96. The van der Waals surface area contributed by atoms with Gasteiger partial charge in [0.05, 0.1) is 0 Å². The second kappa shape index (κ2) is 6.94. The van der Waals surface area contributed by atoms with Crippen LogP contribution in [0.15, 0.2) is 24.3 Å². The largest absolute Gasteiger partial charge is 0.204 e. The molecule has 3 unspecified atom stereocenters. The third kappa shape index (κ3) is 3.39. The molecule has 1 fully saturated rings. The maximum absolute atomic E-state index is 13.9. The van der Waals surface area contributed by atoms with Crippen molar-refractivity contribution in [3.63, 3.8) is 0 Å². The molecule has 1 saturated carbocycles. The SMILES string of the molecule is [2H]C1CC(CCCC)CC([2H])([2H])C1c1ccc2c(F)c(F)c(F)cc2c1. The maximum Gasteiger partial charge on any atom is 0.195 e. The lowest BCUT2D eigenvalue weighted by Crippen LogP contribution is -2.13. The molecule has 1 aliphatic rings. The van der Waals surface area contributed by atoms with Crippen molar-refractivity contribution in [2.75, 3.05) is 0 Å². The van der Waals surface area contributed by atoms with E-state index in [1.54, 1.807) is 6.07 Å². The lowest BCUT2D eigenvalue weighted by atomic mass is 9.77. The van der Waals surface area contributed by atoms with E-state index >= 15 is 0 Å². The highest BCUT2D eigenvalue weighted by molar-refractivity contribution is 5.84. The lowest BCUT2D eigenvalue weighted by Gasteiger charge is -2.29. The molecule has 2 aromatic rings. The van der Waals surface area contributed by atoms with Gasteiger partial charge in [0.2, 0.25) is 0 Å². The molecule has 0 amide bonds. The maximum atomic E-state index is 13.9. The molecule has 0 saturated heterocycles. The summed E-state index contributed by atoms with van der Waals surface area (Å²) in [6.45, 7) is 2.09. The predicted octanol–water partition coefficient (Wildman–Crippen LogP) is 6.72. The fourth-order valence-corrected chi connectivity index (χ4v) is 3.27. The predicted molar refractivity (Wildman–Crippen MR) is 88.0 cm³/mol. The van der Waals surface area contributed by atoms with E-state index in [2.05, 4.69) is 6.92 Å². The fourth-order valence-electron chi connectivity index (χ4n) is 3.27. The Morgan fingerprint density at radius 1 is 1.13 bits per heavy atom. The van der Waals surface area contributed by atoms with Crippen molar-refractivity contribution in [2.45, 2.75) is 57.7 Å². The molecule has 3 atom stereocenters. The number of fused-ring (bicyclic) bond motifs is 1. The summed E-state index contributed by atoms with van der Waals surface area (Å²) in [5.41, 5.74) is 0.543. The third-order valence-corrected chi connectivity index (χ3v) is 4.65. The zero-order valence-corrected chi connectivity index (χ0v) is 13.2. The Morgan fingerprint density at radius 3 is 2.70 bits per heavy atom. The van der Waals surface area contributed by atoms with Crippen molar-refractivity contribution in [2.24, 2.45) is 5.92 Å². The first-order valence-corrected chi connectivity index (χ1v) is 8.24. The minimum atomic E-state index is -1.56. The van der Waals surface area contributed by atoms with Crippen LogP contribution < -0.4 is 0 Å². The molecular formula is C20H23F3. The van der Waals surface area contributed by atoms with Crippen LogP contribution in [0.25, 0.3) is 10.8 Å². The molecule has 23 heavy (non-hydrogen) atoms. The van der Waals surface area contributed by atoms with E-state index in [1.807, 2.05) is 0 Å². The van der Waals surface area contributed by atoms with Crippen molar-refractivity contribution < 1.29 is 17.3 Å². The Bertz CT molecular complexity index is 806. The monoisotopic (exact) mass is 323 g/mol. The van der Waals surface area contributed by atoms with Crippen LogP contribution in [-0.2, 0) is 0 Å². The molecule has 0 N–H and O–H groups in total. The molecular weight excluding hydrogens is 297 g/mol. The first kappa shape index (κ1) is 12.9. The zero-order chi connectivity index (χ0) is 19.1. The van der Waals surface area contributed by atoms with Gasteiger partial charge in [0.25, 0.3) is 0 Å². The Morgan fingerprint density at radius 2 is 1.96 bits per heavy atom. The van der Waals surface area contributed by atoms with E-state index in [9.17, 15) is 13.2 Å². The van der Waals surface area contributed by atoms with Crippen molar-refractivity contribution in [3.8, 4) is 0 Å². The third-order valence-electron chi connectivity index (χ3n) is 4.65. The van der Waals surface area contributed by atoms with Crippen LogP contribution in [0, 0.1) is 23.4 Å². The molecule has 3 rings (SSSR count). The molecule has 0 nitrogen and oxygen atoms in total. The number of halogens is 3. The molecule has 0 radical (unpaired) electrons. The van der Waals surface area contributed by atoms with Gasteiger partial charge in [-0.15, -0.1) is 0 Å². The van der Waals surface area contributed by atoms with Crippen LogP contribution >= 0.6 is 0 Å². The summed E-state index contributed by atoms with van der Waals surface area (Å²) in [5.74, 6) is -4.48. The number of unbranched alkanes of at least 4 members (excludes halogenated alkanes) is 1. The van der Waals surface area contributed by atoms with Crippen molar-refractivity contribution in [3.05, 3.63) is 47.3 Å². The number of benzene rings is 2. The number of rotatable bonds is 4. The topological polar surface area (TPSA) is 0 Å². The van der Waals surface area contributed by atoms with Crippen LogP contribution in [0.2, 0.25) is 0 Å². The number of hydrogen-bond donors (Lipinski definition) is 0. The van der Waals surface area contributed by atoms with Crippen molar-refractivity contribution in [1.82, 2.24) is 0 Å². The molecule has 0 spiro atoms. The summed E-state index contributed by atoms with van der Waals surface area (Å²) < 4.78 is 66.3. The van der Waals surface area contributed by atoms with Crippen LogP contribution in [-0.4, -0.2) is 0 Å². The summed E-state index contributed by atoms with van der Waals surface area (Å²) in [6, 6.07) is 5.32. The van der Waals surface area contributed by atoms with Gasteiger partial charge in [0, 0.05) is 9.50 Å². The van der Waals surface area contributed by atoms with Crippen molar-refractivity contribution >= 4 is 10.8 Å². The lowest BCUT2D eigenvalue weighted by molar-refractivity contribution is 0.304. The highest BCUT2D eigenvalue weighted by Crippen LogP contribution is 2.38. The second-order valence-corrected chi connectivity index (χ2v) is 6.33. The average molecular weight is 323 g/mol.